The molecule has 5 rings (SSSR count). The second-order valence-electron chi connectivity index (χ2n) is 9.78. The molecular weight excluding hydrogens is 608 g/mol. The van der Waals surface area contributed by atoms with Gasteiger partial charge in [-0.3, -0.25) is 14.5 Å². The molecule has 228 valence electrons. The molecule has 1 atom stereocenters. The smallest absolute Gasteiger partial charge is 0.301 e. The zero-order valence-electron chi connectivity index (χ0n) is 24.0. The summed E-state index contributed by atoms with van der Waals surface area (Å²) in [6.07, 6.45) is 1.80. The molecule has 1 aliphatic rings. The average molecular weight is 638 g/mol. The Labute approximate surface area is 261 Å². The third-order valence-electron chi connectivity index (χ3n) is 6.78. The number of hydrogen-bond acceptors (Lipinski definition) is 9. The molecule has 4 aromatic rings. The van der Waals surface area contributed by atoms with Gasteiger partial charge in [-0.2, -0.15) is 0 Å². The SMILES string of the molecule is CCCCOc1ccc(C2C(=C(O)c3ccc(F)cc3)C(=O)C(=O)N2c2nnc(SCc3ccc(F)cc3)s2)cc1OCC. The lowest BCUT2D eigenvalue weighted by Gasteiger charge is -2.23. The predicted molar refractivity (Wildman–Crippen MR) is 165 cm³/mol. The van der Waals surface area contributed by atoms with Gasteiger partial charge in [-0.25, -0.2) is 8.78 Å². The molecule has 0 bridgehead atoms. The van der Waals surface area contributed by atoms with Crippen molar-refractivity contribution in [3.05, 3.63) is 101 Å². The molecule has 0 spiro atoms. The first-order chi connectivity index (χ1) is 21.3. The van der Waals surface area contributed by atoms with Crippen LogP contribution in [0, 0.1) is 11.6 Å². The number of ether oxygens (including phenoxy) is 2. The number of benzene rings is 3. The Morgan fingerprint density at radius 1 is 0.955 bits per heavy atom. The molecule has 3 aromatic carbocycles. The van der Waals surface area contributed by atoms with Gasteiger partial charge in [-0.05, 0) is 73.0 Å². The Morgan fingerprint density at radius 2 is 1.66 bits per heavy atom. The molecule has 1 aliphatic heterocycles. The van der Waals surface area contributed by atoms with Crippen LogP contribution in [0.1, 0.15) is 49.4 Å². The van der Waals surface area contributed by atoms with Crippen molar-refractivity contribution in [2.45, 2.75) is 42.8 Å². The van der Waals surface area contributed by atoms with Crippen molar-refractivity contribution in [3.63, 3.8) is 0 Å². The molecule has 1 unspecified atom stereocenters. The minimum atomic E-state index is -1.09. The van der Waals surface area contributed by atoms with Crippen LogP contribution < -0.4 is 14.4 Å². The van der Waals surface area contributed by atoms with Crippen molar-refractivity contribution in [1.29, 1.82) is 0 Å². The fourth-order valence-electron chi connectivity index (χ4n) is 4.60. The van der Waals surface area contributed by atoms with Gasteiger partial charge in [-0.15, -0.1) is 10.2 Å². The van der Waals surface area contributed by atoms with Gasteiger partial charge < -0.3 is 14.6 Å². The lowest BCUT2D eigenvalue weighted by molar-refractivity contribution is -0.132. The van der Waals surface area contributed by atoms with Crippen molar-refractivity contribution in [1.82, 2.24) is 10.2 Å². The number of aliphatic hydroxyl groups excluding tert-OH is 1. The van der Waals surface area contributed by atoms with Gasteiger partial charge in [0.15, 0.2) is 15.8 Å². The zero-order valence-corrected chi connectivity index (χ0v) is 25.6. The van der Waals surface area contributed by atoms with Crippen molar-refractivity contribution in [2.75, 3.05) is 18.1 Å². The maximum absolute atomic E-state index is 13.7. The molecule has 0 aliphatic carbocycles. The van der Waals surface area contributed by atoms with E-state index in [-0.39, 0.29) is 22.1 Å². The molecule has 1 fully saturated rings. The normalized spacial score (nSPS) is 16.0. The highest BCUT2D eigenvalue weighted by Crippen LogP contribution is 2.45. The van der Waals surface area contributed by atoms with Crippen LogP contribution in [0.3, 0.4) is 0 Å². The Bertz CT molecular complexity index is 1680. The number of Topliss-reactive ketones (excluding diaryl/α,β-unsaturated/α-hetero) is 1. The summed E-state index contributed by atoms with van der Waals surface area (Å²) < 4.78 is 39.3. The second-order valence-corrected chi connectivity index (χ2v) is 12.0. The number of carbonyl (C=O) groups excluding carboxylic acids is 2. The zero-order chi connectivity index (χ0) is 31.2. The van der Waals surface area contributed by atoms with Crippen molar-refractivity contribution in [2.24, 2.45) is 0 Å². The number of anilines is 1. The van der Waals surface area contributed by atoms with Crippen molar-refractivity contribution >= 4 is 45.7 Å². The van der Waals surface area contributed by atoms with E-state index in [1.807, 2.05) is 6.92 Å². The molecule has 0 radical (unpaired) electrons. The van der Waals surface area contributed by atoms with Gasteiger partial charge in [0, 0.05) is 11.3 Å². The third kappa shape index (κ3) is 6.76. The molecule has 2 heterocycles. The number of nitrogens with zero attached hydrogens (tertiary/aromatic N) is 3. The minimum Gasteiger partial charge on any atom is -0.507 e. The monoisotopic (exact) mass is 637 g/mol. The Balaban J connectivity index is 1.56. The van der Waals surface area contributed by atoms with E-state index in [0.29, 0.717) is 40.4 Å². The summed E-state index contributed by atoms with van der Waals surface area (Å²) in [5.41, 5.74) is 1.33. The maximum Gasteiger partial charge on any atom is 0.301 e. The number of amides is 1. The van der Waals surface area contributed by atoms with Crippen LogP contribution in [0.4, 0.5) is 13.9 Å². The highest BCUT2D eigenvalue weighted by Gasteiger charge is 2.48. The van der Waals surface area contributed by atoms with Gasteiger partial charge in [0.1, 0.15) is 17.4 Å². The highest BCUT2D eigenvalue weighted by molar-refractivity contribution is 8.00. The first-order valence-electron chi connectivity index (χ1n) is 14.0. The van der Waals surface area contributed by atoms with E-state index in [1.54, 1.807) is 30.3 Å². The Kier molecular flexibility index (Phi) is 9.91. The van der Waals surface area contributed by atoms with Crippen LogP contribution in [0.5, 0.6) is 11.5 Å². The van der Waals surface area contributed by atoms with E-state index >= 15 is 0 Å². The number of carbonyl (C=O) groups is 2. The summed E-state index contributed by atoms with van der Waals surface area (Å²) >= 11 is 2.46. The number of ketones is 1. The van der Waals surface area contributed by atoms with E-state index in [9.17, 15) is 23.5 Å². The number of aromatic nitrogens is 2. The number of thioether (sulfide) groups is 1. The molecule has 1 N–H and O–H groups in total. The summed E-state index contributed by atoms with van der Waals surface area (Å²) in [5.74, 6) is -1.71. The van der Waals surface area contributed by atoms with E-state index in [4.69, 9.17) is 9.47 Å². The van der Waals surface area contributed by atoms with Crippen LogP contribution in [0.15, 0.2) is 76.6 Å². The fraction of sp³-hybridized carbons (Fsp3) is 0.250. The highest BCUT2D eigenvalue weighted by atomic mass is 32.2. The maximum atomic E-state index is 13.7. The molecule has 8 nitrogen and oxygen atoms in total. The summed E-state index contributed by atoms with van der Waals surface area (Å²) in [4.78, 5) is 28.3. The Morgan fingerprint density at radius 3 is 2.34 bits per heavy atom. The molecule has 44 heavy (non-hydrogen) atoms. The van der Waals surface area contributed by atoms with E-state index < -0.39 is 29.3 Å². The van der Waals surface area contributed by atoms with Crippen LogP contribution in [0.2, 0.25) is 0 Å². The number of unbranched alkanes of at least 4 members (excludes halogenated alkanes) is 1. The third-order valence-corrected chi connectivity index (χ3v) is 8.91. The molecule has 12 heteroatoms. The van der Waals surface area contributed by atoms with Crippen LogP contribution >= 0.6 is 23.1 Å². The lowest BCUT2D eigenvalue weighted by Crippen LogP contribution is -2.29. The van der Waals surface area contributed by atoms with Crippen LogP contribution in [-0.2, 0) is 15.3 Å². The molecule has 0 saturated carbocycles. The summed E-state index contributed by atoms with van der Waals surface area (Å²) in [6.45, 7) is 4.71. The lowest BCUT2D eigenvalue weighted by atomic mass is 9.95. The average Bonchev–Trinajstić information content (AvgIpc) is 3.59. The predicted octanol–water partition coefficient (Wildman–Crippen LogP) is 7.31. The largest absolute Gasteiger partial charge is 0.507 e. The van der Waals surface area contributed by atoms with Gasteiger partial charge in [0.25, 0.3) is 5.78 Å². The minimum absolute atomic E-state index is 0.151. The van der Waals surface area contributed by atoms with Gasteiger partial charge in [0.2, 0.25) is 5.13 Å². The first kappa shape index (κ1) is 31.1. The molecule has 1 saturated heterocycles. The van der Waals surface area contributed by atoms with Crippen LogP contribution in [0.25, 0.3) is 5.76 Å². The second kappa shape index (κ2) is 14.0. The number of aliphatic hydroxyl groups is 1. The number of rotatable bonds is 12. The number of halogens is 2. The number of hydrogen-bond donors (Lipinski definition) is 1. The van der Waals surface area contributed by atoms with Crippen molar-refractivity contribution < 1.29 is 33.0 Å². The molecule has 1 amide bonds. The summed E-state index contributed by atoms with van der Waals surface area (Å²) in [6, 6.07) is 15.1. The standard InChI is InChI=1S/C32H29F2N3O5S2/c1-3-5-16-42-24-15-10-21(17-25(24)41-4-2)27-26(28(38)20-8-13-23(34)14-9-20)29(39)30(40)37(27)31-35-36-32(44-31)43-18-19-6-11-22(33)12-7-19/h6-15,17,27,38H,3-5,16,18H2,1-2H3. The van der Waals surface area contributed by atoms with Crippen LogP contribution in [-0.4, -0.2) is 40.2 Å². The van der Waals surface area contributed by atoms with Crippen molar-refractivity contribution in [3.8, 4) is 11.5 Å². The van der Waals surface area contributed by atoms with E-state index in [1.165, 1.54) is 40.9 Å². The van der Waals surface area contributed by atoms with E-state index in [0.717, 1.165) is 41.9 Å². The summed E-state index contributed by atoms with van der Waals surface area (Å²) in [7, 11) is 0. The molecular formula is C32H29F2N3O5S2. The van der Waals surface area contributed by atoms with Gasteiger partial charge in [-0.1, -0.05) is 54.6 Å². The topological polar surface area (TPSA) is 102 Å². The van der Waals surface area contributed by atoms with E-state index in [2.05, 4.69) is 17.1 Å². The summed E-state index contributed by atoms with van der Waals surface area (Å²) in [5, 5.41) is 19.9. The Hall–Kier alpha value is -4.29. The van der Waals surface area contributed by atoms with Gasteiger partial charge in [0.05, 0.1) is 24.8 Å². The molecule has 1 aromatic heterocycles. The first-order valence-corrected chi connectivity index (χ1v) is 15.8. The fourth-order valence-corrected chi connectivity index (χ4v) is 6.42. The quantitative estimate of drug-likeness (QED) is 0.0431. The van der Waals surface area contributed by atoms with Gasteiger partial charge >= 0.3 is 5.91 Å².